The normalized spacial score (nSPS) is 17.8. The summed E-state index contributed by atoms with van der Waals surface area (Å²) >= 11 is 7.24. The number of nitrogens with zero attached hydrogens (tertiary/aromatic N) is 1. The van der Waals surface area contributed by atoms with E-state index in [0.717, 1.165) is 26.2 Å². The molecular weight excluding hydrogens is 364 g/mol. The van der Waals surface area contributed by atoms with Crippen LogP contribution in [0.5, 0.6) is 0 Å². The third-order valence-electron chi connectivity index (χ3n) is 3.81. The average Bonchev–Trinajstić information content (AvgIpc) is 2.95. The Bertz CT molecular complexity index is 576. The van der Waals surface area contributed by atoms with Crippen LogP contribution in [-0.4, -0.2) is 37.3 Å². The lowest BCUT2D eigenvalue weighted by atomic mass is 10.0. The lowest BCUT2D eigenvalue weighted by Crippen LogP contribution is -2.45. The molecule has 5 heteroatoms. The molecule has 1 aliphatic rings. The molecule has 0 amide bonds. The molecule has 1 saturated heterocycles. The zero-order valence-electron chi connectivity index (χ0n) is 12.0. The summed E-state index contributed by atoms with van der Waals surface area (Å²) in [5, 5.41) is 3.45. The highest BCUT2D eigenvalue weighted by Gasteiger charge is 2.25. The van der Waals surface area contributed by atoms with E-state index in [-0.39, 0.29) is 0 Å². The smallest absolute Gasteiger partial charge is 0.0702 e. The standard InChI is InChI=1S/C16H19BrN2S2/c1-20-13-4-2-12(3-5-13)16(14-6-7-15(17)21-14)19-10-8-18-9-11-19/h2-7,16,18H,8-11H2,1H3. The van der Waals surface area contributed by atoms with E-state index in [2.05, 4.69) is 68.8 Å². The van der Waals surface area contributed by atoms with Crippen LogP contribution in [-0.2, 0) is 0 Å². The van der Waals surface area contributed by atoms with Crippen molar-refractivity contribution in [3.05, 3.63) is 50.6 Å². The minimum Gasteiger partial charge on any atom is -0.314 e. The quantitative estimate of drug-likeness (QED) is 0.796. The Morgan fingerprint density at radius 3 is 2.43 bits per heavy atom. The van der Waals surface area contributed by atoms with Crippen LogP contribution in [0.15, 0.2) is 45.1 Å². The number of thiophene rings is 1. The molecule has 0 bridgehead atoms. The van der Waals surface area contributed by atoms with Crippen molar-refractivity contribution in [3.63, 3.8) is 0 Å². The number of rotatable bonds is 4. The molecule has 1 unspecified atom stereocenters. The van der Waals surface area contributed by atoms with Gasteiger partial charge in [0.05, 0.1) is 9.83 Å². The number of hydrogen-bond donors (Lipinski definition) is 1. The van der Waals surface area contributed by atoms with Crippen LogP contribution in [0.3, 0.4) is 0 Å². The molecule has 1 atom stereocenters. The van der Waals surface area contributed by atoms with E-state index in [0.29, 0.717) is 6.04 Å². The van der Waals surface area contributed by atoms with Gasteiger partial charge in [0.25, 0.3) is 0 Å². The van der Waals surface area contributed by atoms with Gasteiger partial charge in [0, 0.05) is 36.0 Å². The van der Waals surface area contributed by atoms with Gasteiger partial charge in [-0.15, -0.1) is 23.1 Å². The summed E-state index contributed by atoms with van der Waals surface area (Å²) in [5.74, 6) is 0. The fourth-order valence-electron chi connectivity index (χ4n) is 2.76. The van der Waals surface area contributed by atoms with Gasteiger partial charge >= 0.3 is 0 Å². The highest BCUT2D eigenvalue weighted by Crippen LogP contribution is 2.36. The van der Waals surface area contributed by atoms with E-state index >= 15 is 0 Å². The maximum atomic E-state index is 3.60. The highest BCUT2D eigenvalue weighted by atomic mass is 79.9. The molecule has 1 aromatic heterocycles. The van der Waals surface area contributed by atoms with Crippen LogP contribution >= 0.6 is 39.0 Å². The van der Waals surface area contributed by atoms with Crippen molar-refractivity contribution < 1.29 is 0 Å². The molecular formula is C16H19BrN2S2. The van der Waals surface area contributed by atoms with Gasteiger partial charge in [-0.2, -0.15) is 0 Å². The summed E-state index contributed by atoms with van der Waals surface area (Å²) in [7, 11) is 0. The Balaban J connectivity index is 1.93. The molecule has 1 N–H and O–H groups in total. The number of piperazine rings is 1. The lowest BCUT2D eigenvalue weighted by Gasteiger charge is -2.34. The van der Waals surface area contributed by atoms with Crippen LogP contribution in [0.4, 0.5) is 0 Å². The van der Waals surface area contributed by atoms with E-state index in [4.69, 9.17) is 0 Å². The number of nitrogens with one attached hydrogen (secondary N) is 1. The predicted octanol–water partition coefficient (Wildman–Crippen LogP) is 4.23. The average molecular weight is 383 g/mol. The van der Waals surface area contributed by atoms with Crippen molar-refractivity contribution in [1.82, 2.24) is 10.2 Å². The zero-order valence-corrected chi connectivity index (χ0v) is 15.2. The van der Waals surface area contributed by atoms with E-state index in [9.17, 15) is 0 Å². The number of halogens is 1. The molecule has 1 aliphatic heterocycles. The largest absolute Gasteiger partial charge is 0.314 e. The third-order valence-corrected chi connectivity index (χ3v) is 6.23. The van der Waals surface area contributed by atoms with Crippen LogP contribution in [0.25, 0.3) is 0 Å². The Hall–Kier alpha value is -0.330. The Kier molecular flexibility index (Phi) is 5.40. The molecule has 3 rings (SSSR count). The van der Waals surface area contributed by atoms with Gasteiger partial charge in [0.2, 0.25) is 0 Å². The van der Waals surface area contributed by atoms with Gasteiger partial charge < -0.3 is 5.32 Å². The second-order valence-electron chi connectivity index (χ2n) is 5.10. The third kappa shape index (κ3) is 3.71. The molecule has 1 aromatic carbocycles. The lowest BCUT2D eigenvalue weighted by molar-refractivity contribution is 0.200. The number of hydrogen-bond acceptors (Lipinski definition) is 4. The van der Waals surface area contributed by atoms with Gasteiger partial charge in [-0.3, -0.25) is 4.90 Å². The molecule has 112 valence electrons. The Labute approximate surface area is 143 Å². The Morgan fingerprint density at radius 1 is 1.14 bits per heavy atom. The van der Waals surface area contributed by atoms with Crippen LogP contribution in [0.2, 0.25) is 0 Å². The number of benzene rings is 1. The molecule has 21 heavy (non-hydrogen) atoms. The monoisotopic (exact) mass is 382 g/mol. The molecule has 2 aromatic rings. The summed E-state index contributed by atoms with van der Waals surface area (Å²) in [6.07, 6.45) is 2.12. The van der Waals surface area contributed by atoms with Crippen molar-refractivity contribution in [2.45, 2.75) is 10.9 Å². The first-order valence-electron chi connectivity index (χ1n) is 7.12. The van der Waals surface area contributed by atoms with Gasteiger partial charge in [-0.05, 0) is 52.0 Å². The van der Waals surface area contributed by atoms with Crippen LogP contribution in [0.1, 0.15) is 16.5 Å². The van der Waals surface area contributed by atoms with Gasteiger partial charge in [0.1, 0.15) is 0 Å². The van der Waals surface area contributed by atoms with Crippen molar-refractivity contribution >= 4 is 39.0 Å². The van der Waals surface area contributed by atoms with E-state index in [1.165, 1.54) is 19.1 Å². The van der Waals surface area contributed by atoms with Crippen molar-refractivity contribution in [3.8, 4) is 0 Å². The van der Waals surface area contributed by atoms with Gasteiger partial charge in [-0.25, -0.2) is 0 Å². The number of thioether (sulfide) groups is 1. The van der Waals surface area contributed by atoms with Gasteiger partial charge in [-0.1, -0.05) is 12.1 Å². The van der Waals surface area contributed by atoms with Crippen molar-refractivity contribution in [2.24, 2.45) is 0 Å². The maximum Gasteiger partial charge on any atom is 0.0702 e. The first-order valence-corrected chi connectivity index (χ1v) is 9.95. The van der Waals surface area contributed by atoms with E-state index in [1.807, 2.05) is 11.3 Å². The molecule has 2 nitrogen and oxygen atoms in total. The second kappa shape index (κ2) is 7.29. The molecule has 1 fully saturated rings. The van der Waals surface area contributed by atoms with Crippen LogP contribution in [0, 0.1) is 0 Å². The predicted molar refractivity (Wildman–Crippen MR) is 96.5 cm³/mol. The summed E-state index contributed by atoms with van der Waals surface area (Å²) in [6.45, 7) is 4.35. The first-order chi connectivity index (χ1) is 10.3. The summed E-state index contributed by atoms with van der Waals surface area (Å²) in [6, 6.07) is 13.8. The molecule has 2 heterocycles. The fraction of sp³-hybridized carbons (Fsp3) is 0.375. The minimum absolute atomic E-state index is 0.374. The van der Waals surface area contributed by atoms with Crippen molar-refractivity contribution in [1.29, 1.82) is 0 Å². The van der Waals surface area contributed by atoms with Gasteiger partial charge in [0.15, 0.2) is 0 Å². The highest BCUT2D eigenvalue weighted by molar-refractivity contribution is 9.11. The van der Waals surface area contributed by atoms with E-state index in [1.54, 1.807) is 11.8 Å². The summed E-state index contributed by atoms with van der Waals surface area (Å²) in [5.41, 5.74) is 1.39. The second-order valence-corrected chi connectivity index (χ2v) is 8.48. The molecule has 0 saturated carbocycles. The maximum absolute atomic E-state index is 3.60. The van der Waals surface area contributed by atoms with Crippen LogP contribution < -0.4 is 5.32 Å². The first kappa shape index (κ1) is 15.6. The van der Waals surface area contributed by atoms with Crippen molar-refractivity contribution in [2.75, 3.05) is 32.4 Å². The van der Waals surface area contributed by atoms with E-state index < -0.39 is 0 Å². The fourth-order valence-corrected chi connectivity index (χ4v) is 4.75. The summed E-state index contributed by atoms with van der Waals surface area (Å²) in [4.78, 5) is 5.33. The summed E-state index contributed by atoms with van der Waals surface area (Å²) < 4.78 is 1.21. The topological polar surface area (TPSA) is 15.3 Å². The molecule has 0 radical (unpaired) electrons. The molecule has 0 aliphatic carbocycles. The Morgan fingerprint density at radius 2 is 1.86 bits per heavy atom. The SMILES string of the molecule is CSc1ccc(C(c2ccc(Br)s2)N2CCNCC2)cc1. The minimum atomic E-state index is 0.374. The zero-order chi connectivity index (χ0) is 14.7. The molecule has 0 spiro atoms.